The maximum Gasteiger partial charge on any atom is 0.341 e. The lowest BCUT2D eigenvalue weighted by Crippen LogP contribution is -2.23. The van der Waals surface area contributed by atoms with Crippen LogP contribution in [0, 0.1) is 0 Å². The molecule has 0 saturated carbocycles. The minimum Gasteiger partial charge on any atom is -0.454 e. The second-order valence-corrected chi connectivity index (χ2v) is 5.38. The fourth-order valence-electron chi connectivity index (χ4n) is 2.94. The third-order valence-corrected chi connectivity index (χ3v) is 3.98. The Bertz CT molecular complexity index is 753. The molecule has 0 unspecified atom stereocenters. The van der Waals surface area contributed by atoms with E-state index in [1.165, 1.54) is 4.68 Å². The molecular formula is C15H16N4O3. The molecule has 0 atom stereocenters. The van der Waals surface area contributed by atoms with Crippen LogP contribution in [0.1, 0.15) is 18.4 Å². The zero-order valence-electron chi connectivity index (χ0n) is 12.0. The predicted molar refractivity (Wildman–Crippen MR) is 80.2 cm³/mol. The Kier molecular flexibility index (Phi) is 2.92. The maximum absolute atomic E-state index is 11.7. The van der Waals surface area contributed by atoms with Gasteiger partial charge in [-0.3, -0.25) is 0 Å². The van der Waals surface area contributed by atoms with Crippen LogP contribution in [0.4, 0.5) is 10.6 Å². The van der Waals surface area contributed by atoms with Gasteiger partial charge in [-0.15, -0.1) is 0 Å². The number of anilines is 1. The Morgan fingerprint density at radius 3 is 3.00 bits per heavy atom. The standard InChI is InChI=1S/C15H16N4O3/c16-15(20)19-14-10(3-1-2-6-17-14)13(18-19)9-4-5-11-12(7-9)22-8-21-11/h4-5,7,17H,1-3,6,8H2,(H2,16,20). The fourth-order valence-corrected chi connectivity index (χ4v) is 2.94. The highest BCUT2D eigenvalue weighted by atomic mass is 16.7. The molecular weight excluding hydrogens is 284 g/mol. The number of rotatable bonds is 1. The fraction of sp³-hybridized carbons (Fsp3) is 0.333. The minimum atomic E-state index is -0.586. The average molecular weight is 300 g/mol. The van der Waals surface area contributed by atoms with Crippen molar-refractivity contribution in [3.05, 3.63) is 23.8 Å². The summed E-state index contributed by atoms with van der Waals surface area (Å²) in [6, 6.07) is 5.09. The van der Waals surface area contributed by atoms with Crippen LogP contribution in [-0.4, -0.2) is 29.1 Å². The number of nitrogens with two attached hydrogens (primary N) is 1. The van der Waals surface area contributed by atoms with Gasteiger partial charge in [0, 0.05) is 17.7 Å². The molecule has 2 aliphatic heterocycles. The first-order valence-electron chi connectivity index (χ1n) is 7.29. The van der Waals surface area contributed by atoms with E-state index in [4.69, 9.17) is 15.2 Å². The molecule has 2 aliphatic rings. The van der Waals surface area contributed by atoms with E-state index in [2.05, 4.69) is 10.4 Å². The van der Waals surface area contributed by atoms with E-state index >= 15 is 0 Å². The molecule has 1 aromatic heterocycles. The van der Waals surface area contributed by atoms with E-state index in [-0.39, 0.29) is 6.79 Å². The Balaban J connectivity index is 1.86. The number of nitrogens with zero attached hydrogens (tertiary/aromatic N) is 2. The molecule has 0 radical (unpaired) electrons. The van der Waals surface area contributed by atoms with E-state index in [0.29, 0.717) is 11.6 Å². The SMILES string of the molecule is NC(=O)n1nc(-c2ccc3c(c2)OCO3)c2c1NCCCC2. The van der Waals surface area contributed by atoms with Crippen molar-refractivity contribution in [2.24, 2.45) is 5.73 Å². The number of fused-ring (bicyclic) bond motifs is 2. The van der Waals surface area contributed by atoms with Crippen molar-refractivity contribution in [3.63, 3.8) is 0 Å². The molecule has 0 fully saturated rings. The molecule has 3 N–H and O–H groups in total. The molecule has 7 nitrogen and oxygen atoms in total. The van der Waals surface area contributed by atoms with Crippen LogP contribution in [0.15, 0.2) is 18.2 Å². The third-order valence-electron chi connectivity index (χ3n) is 3.98. The maximum atomic E-state index is 11.7. The van der Waals surface area contributed by atoms with Crippen LogP contribution < -0.4 is 20.5 Å². The number of carbonyl (C=O) groups is 1. The van der Waals surface area contributed by atoms with Crippen molar-refractivity contribution in [2.75, 3.05) is 18.7 Å². The molecule has 2 aromatic rings. The van der Waals surface area contributed by atoms with Crippen molar-refractivity contribution in [1.29, 1.82) is 0 Å². The summed E-state index contributed by atoms with van der Waals surface area (Å²) >= 11 is 0. The van der Waals surface area contributed by atoms with E-state index in [0.717, 1.165) is 48.4 Å². The highest BCUT2D eigenvalue weighted by molar-refractivity contribution is 5.82. The number of ether oxygens (including phenoxy) is 2. The van der Waals surface area contributed by atoms with Crippen LogP contribution in [0.2, 0.25) is 0 Å². The van der Waals surface area contributed by atoms with Gasteiger partial charge in [0.1, 0.15) is 5.82 Å². The number of carbonyl (C=O) groups excluding carboxylic acids is 1. The minimum absolute atomic E-state index is 0.230. The first kappa shape index (κ1) is 13.0. The van der Waals surface area contributed by atoms with Gasteiger partial charge in [-0.25, -0.2) is 4.79 Å². The second kappa shape index (κ2) is 4.94. The van der Waals surface area contributed by atoms with Crippen molar-refractivity contribution in [3.8, 4) is 22.8 Å². The molecule has 1 aromatic carbocycles. The lowest BCUT2D eigenvalue weighted by atomic mass is 10.0. The van der Waals surface area contributed by atoms with Gasteiger partial charge in [0.25, 0.3) is 0 Å². The Morgan fingerprint density at radius 1 is 1.27 bits per heavy atom. The lowest BCUT2D eigenvalue weighted by Gasteiger charge is -2.05. The molecule has 0 bridgehead atoms. The lowest BCUT2D eigenvalue weighted by molar-refractivity contribution is 0.174. The summed E-state index contributed by atoms with van der Waals surface area (Å²) in [5.41, 5.74) is 8.13. The number of benzene rings is 1. The Hall–Kier alpha value is -2.70. The van der Waals surface area contributed by atoms with E-state index in [1.807, 2.05) is 18.2 Å². The van der Waals surface area contributed by atoms with Gasteiger partial charge < -0.3 is 20.5 Å². The summed E-state index contributed by atoms with van der Waals surface area (Å²) in [5.74, 6) is 2.13. The van der Waals surface area contributed by atoms with Gasteiger partial charge in [0.05, 0.1) is 5.69 Å². The van der Waals surface area contributed by atoms with Crippen LogP contribution >= 0.6 is 0 Å². The van der Waals surface area contributed by atoms with Gasteiger partial charge in [-0.2, -0.15) is 9.78 Å². The molecule has 4 rings (SSSR count). The topological polar surface area (TPSA) is 91.4 Å². The number of amides is 1. The molecule has 0 spiro atoms. The average Bonchev–Trinajstić information content (AvgIpc) is 3.04. The van der Waals surface area contributed by atoms with Crippen LogP contribution in [0.25, 0.3) is 11.3 Å². The van der Waals surface area contributed by atoms with Crippen LogP contribution in [0.5, 0.6) is 11.5 Å². The summed E-state index contributed by atoms with van der Waals surface area (Å²) in [6.45, 7) is 1.04. The number of aromatic nitrogens is 2. The normalized spacial score (nSPS) is 15.8. The smallest absolute Gasteiger partial charge is 0.341 e. The summed E-state index contributed by atoms with van der Waals surface area (Å²) < 4.78 is 12.0. The molecule has 0 saturated heterocycles. The molecule has 7 heteroatoms. The highest BCUT2D eigenvalue weighted by Crippen LogP contribution is 2.38. The number of hydrogen-bond donors (Lipinski definition) is 2. The molecule has 3 heterocycles. The second-order valence-electron chi connectivity index (χ2n) is 5.38. The number of nitrogens with one attached hydrogen (secondary N) is 1. The van der Waals surface area contributed by atoms with Crippen molar-refractivity contribution in [2.45, 2.75) is 19.3 Å². The quantitative estimate of drug-likeness (QED) is 0.840. The van der Waals surface area contributed by atoms with Gasteiger partial charge in [-0.05, 0) is 37.5 Å². The van der Waals surface area contributed by atoms with Gasteiger partial charge in [0.15, 0.2) is 11.5 Å². The molecule has 114 valence electrons. The van der Waals surface area contributed by atoms with E-state index in [1.54, 1.807) is 0 Å². The molecule has 22 heavy (non-hydrogen) atoms. The Morgan fingerprint density at radius 2 is 2.14 bits per heavy atom. The predicted octanol–water partition coefficient (Wildman–Crippen LogP) is 1.95. The van der Waals surface area contributed by atoms with Gasteiger partial charge in [0.2, 0.25) is 6.79 Å². The zero-order valence-corrected chi connectivity index (χ0v) is 12.0. The zero-order chi connectivity index (χ0) is 15.1. The van der Waals surface area contributed by atoms with Crippen LogP contribution in [0.3, 0.4) is 0 Å². The Labute approximate surface area is 127 Å². The summed E-state index contributed by atoms with van der Waals surface area (Å²) in [6.07, 6.45) is 2.95. The third kappa shape index (κ3) is 1.97. The summed E-state index contributed by atoms with van der Waals surface area (Å²) in [5, 5.41) is 7.67. The first-order valence-corrected chi connectivity index (χ1v) is 7.29. The van der Waals surface area contributed by atoms with Gasteiger partial charge >= 0.3 is 6.03 Å². The highest BCUT2D eigenvalue weighted by Gasteiger charge is 2.24. The van der Waals surface area contributed by atoms with Crippen molar-refractivity contribution < 1.29 is 14.3 Å². The summed E-state index contributed by atoms with van der Waals surface area (Å²) in [7, 11) is 0. The largest absolute Gasteiger partial charge is 0.454 e. The van der Waals surface area contributed by atoms with E-state index < -0.39 is 6.03 Å². The molecule has 1 amide bonds. The number of primary amides is 1. The van der Waals surface area contributed by atoms with Crippen molar-refractivity contribution >= 4 is 11.8 Å². The number of hydrogen-bond acceptors (Lipinski definition) is 5. The van der Waals surface area contributed by atoms with Crippen molar-refractivity contribution in [1.82, 2.24) is 9.78 Å². The van der Waals surface area contributed by atoms with E-state index in [9.17, 15) is 4.79 Å². The molecule has 0 aliphatic carbocycles. The first-order chi connectivity index (χ1) is 10.7. The monoisotopic (exact) mass is 300 g/mol. The summed E-state index contributed by atoms with van der Waals surface area (Å²) in [4.78, 5) is 11.7. The van der Waals surface area contributed by atoms with Crippen LogP contribution in [-0.2, 0) is 6.42 Å². The van der Waals surface area contributed by atoms with Gasteiger partial charge in [-0.1, -0.05) is 0 Å².